The van der Waals surface area contributed by atoms with Crippen LogP contribution in [0.2, 0.25) is 0 Å². The number of rotatable bonds is 4. The molecule has 94 valence electrons. The van der Waals surface area contributed by atoms with Crippen LogP contribution >= 0.6 is 15.9 Å². The molecule has 0 spiro atoms. The summed E-state index contributed by atoms with van der Waals surface area (Å²) in [5, 5.41) is 3.22. The first-order valence-electron chi connectivity index (χ1n) is 5.41. The molecule has 0 unspecified atom stereocenters. The van der Waals surface area contributed by atoms with Gasteiger partial charge in [-0.05, 0) is 28.4 Å². The average Bonchev–Trinajstić information content (AvgIpc) is 2.36. The highest BCUT2D eigenvalue weighted by molar-refractivity contribution is 9.10. The Bertz CT molecular complexity index is 510. The lowest BCUT2D eigenvalue weighted by Crippen LogP contribution is -2.03. The van der Waals surface area contributed by atoms with E-state index in [1.807, 2.05) is 25.1 Å². The zero-order chi connectivity index (χ0) is 13.0. The number of hydrogen-bond acceptors (Lipinski definition) is 5. The number of hydrogen-bond donors (Lipinski definition) is 1. The molecule has 2 heterocycles. The van der Waals surface area contributed by atoms with Crippen LogP contribution in [-0.4, -0.2) is 22.1 Å². The topological polar surface area (TPSA) is 59.9 Å². The summed E-state index contributed by atoms with van der Waals surface area (Å²) < 4.78 is 5.77. The Kier molecular flexibility index (Phi) is 4.09. The number of halogens is 1. The van der Waals surface area contributed by atoms with Crippen LogP contribution in [0.15, 0.2) is 29.0 Å². The van der Waals surface area contributed by atoms with Crippen molar-refractivity contribution in [3.8, 4) is 5.88 Å². The maximum absolute atomic E-state index is 5.01. The Morgan fingerprint density at radius 3 is 2.78 bits per heavy atom. The van der Waals surface area contributed by atoms with Gasteiger partial charge >= 0.3 is 0 Å². The van der Waals surface area contributed by atoms with Crippen molar-refractivity contribution in [2.75, 3.05) is 12.4 Å². The molecule has 0 aromatic carbocycles. The quantitative estimate of drug-likeness (QED) is 0.880. The van der Waals surface area contributed by atoms with Crippen LogP contribution in [0.25, 0.3) is 0 Å². The number of nitrogens with one attached hydrogen (secondary N) is 1. The van der Waals surface area contributed by atoms with Gasteiger partial charge in [0.2, 0.25) is 5.88 Å². The molecule has 0 atom stereocenters. The van der Waals surface area contributed by atoms with Gasteiger partial charge < -0.3 is 10.1 Å². The van der Waals surface area contributed by atoms with Crippen LogP contribution in [0.4, 0.5) is 5.82 Å². The molecule has 6 heteroatoms. The smallest absolute Gasteiger partial charge is 0.212 e. The van der Waals surface area contributed by atoms with Crippen molar-refractivity contribution in [3.63, 3.8) is 0 Å². The molecule has 0 amide bonds. The van der Waals surface area contributed by atoms with Crippen molar-refractivity contribution < 1.29 is 4.74 Å². The number of ether oxygens (including phenoxy) is 1. The number of methoxy groups -OCH3 is 1. The minimum atomic E-state index is 0.611. The normalized spacial score (nSPS) is 10.2. The van der Waals surface area contributed by atoms with Crippen LogP contribution in [0.3, 0.4) is 0 Å². The molecule has 0 radical (unpaired) electrons. The predicted octanol–water partition coefficient (Wildman–Crippen LogP) is 2.56. The molecule has 0 aliphatic carbocycles. The van der Waals surface area contributed by atoms with Gasteiger partial charge in [-0.2, -0.15) is 0 Å². The van der Waals surface area contributed by atoms with Gasteiger partial charge in [-0.25, -0.2) is 15.0 Å². The van der Waals surface area contributed by atoms with E-state index in [1.54, 1.807) is 13.3 Å². The summed E-state index contributed by atoms with van der Waals surface area (Å²) in [6, 6.07) is 5.63. The molecule has 1 N–H and O–H groups in total. The van der Waals surface area contributed by atoms with Crippen molar-refractivity contribution in [3.05, 3.63) is 40.4 Å². The molecule has 2 aromatic heterocycles. The van der Waals surface area contributed by atoms with E-state index in [2.05, 4.69) is 36.2 Å². The summed E-state index contributed by atoms with van der Waals surface area (Å²) in [6.45, 7) is 2.50. The third kappa shape index (κ3) is 3.40. The Labute approximate surface area is 114 Å². The van der Waals surface area contributed by atoms with Crippen molar-refractivity contribution in [1.29, 1.82) is 0 Å². The largest absolute Gasteiger partial charge is 0.481 e. The third-order valence-electron chi connectivity index (χ3n) is 2.29. The van der Waals surface area contributed by atoms with E-state index in [4.69, 9.17) is 4.74 Å². The van der Waals surface area contributed by atoms with Crippen LogP contribution < -0.4 is 10.1 Å². The van der Waals surface area contributed by atoms with Crippen molar-refractivity contribution in [1.82, 2.24) is 15.0 Å². The number of anilines is 1. The Hall–Kier alpha value is -1.69. The average molecular weight is 309 g/mol. The summed E-state index contributed by atoms with van der Waals surface area (Å²) >= 11 is 3.34. The highest BCUT2D eigenvalue weighted by Gasteiger charge is 2.00. The lowest BCUT2D eigenvalue weighted by molar-refractivity contribution is 0.397. The van der Waals surface area contributed by atoms with Crippen molar-refractivity contribution >= 4 is 21.7 Å². The number of nitrogens with zero attached hydrogens (tertiary/aromatic N) is 3. The summed E-state index contributed by atoms with van der Waals surface area (Å²) in [4.78, 5) is 12.6. The highest BCUT2D eigenvalue weighted by Crippen LogP contribution is 2.13. The maximum atomic E-state index is 5.01. The lowest BCUT2D eigenvalue weighted by atomic mass is 10.3. The molecule has 0 aliphatic rings. The second-order valence-corrected chi connectivity index (χ2v) is 4.50. The Morgan fingerprint density at radius 2 is 2.17 bits per heavy atom. The summed E-state index contributed by atoms with van der Waals surface area (Å²) in [5.74, 6) is 2.12. The van der Waals surface area contributed by atoms with E-state index in [1.165, 1.54) is 0 Å². The van der Waals surface area contributed by atoms with Crippen LogP contribution in [-0.2, 0) is 6.54 Å². The second-order valence-electron chi connectivity index (χ2n) is 3.69. The van der Waals surface area contributed by atoms with Crippen molar-refractivity contribution in [2.45, 2.75) is 13.5 Å². The molecule has 2 rings (SSSR count). The van der Waals surface area contributed by atoms with Gasteiger partial charge in [0, 0.05) is 24.9 Å². The molecular formula is C12H13BrN4O. The highest BCUT2D eigenvalue weighted by atomic mass is 79.9. The predicted molar refractivity (Wildman–Crippen MR) is 72.6 cm³/mol. The van der Waals surface area contributed by atoms with E-state index < -0.39 is 0 Å². The third-order valence-corrected chi connectivity index (χ3v) is 2.69. The van der Waals surface area contributed by atoms with E-state index >= 15 is 0 Å². The van der Waals surface area contributed by atoms with Crippen LogP contribution in [0.5, 0.6) is 5.88 Å². The van der Waals surface area contributed by atoms with Gasteiger partial charge in [-0.1, -0.05) is 6.07 Å². The number of aryl methyl sites for hydroxylation is 1. The fourth-order valence-corrected chi connectivity index (χ4v) is 1.92. The van der Waals surface area contributed by atoms with E-state index in [0.717, 1.165) is 21.8 Å². The van der Waals surface area contributed by atoms with E-state index in [-0.39, 0.29) is 0 Å². The molecule has 18 heavy (non-hydrogen) atoms. The SMILES string of the molecule is COc1ccc(CNc2cc(Br)nc(C)n2)cn1. The zero-order valence-electron chi connectivity index (χ0n) is 10.1. The molecule has 0 fully saturated rings. The molecule has 0 saturated carbocycles. The summed E-state index contributed by atoms with van der Waals surface area (Å²) in [5.41, 5.74) is 1.06. The van der Waals surface area contributed by atoms with Gasteiger partial charge in [-0.3, -0.25) is 0 Å². The Balaban J connectivity index is 2.01. The molecule has 5 nitrogen and oxygen atoms in total. The first kappa shape index (κ1) is 12.8. The molecule has 2 aromatic rings. The fourth-order valence-electron chi connectivity index (χ4n) is 1.45. The Morgan fingerprint density at radius 1 is 1.33 bits per heavy atom. The number of aromatic nitrogens is 3. The molecular weight excluding hydrogens is 296 g/mol. The monoisotopic (exact) mass is 308 g/mol. The lowest BCUT2D eigenvalue weighted by Gasteiger charge is -2.07. The van der Waals surface area contributed by atoms with Gasteiger partial charge in [-0.15, -0.1) is 0 Å². The van der Waals surface area contributed by atoms with Gasteiger partial charge in [0.1, 0.15) is 16.2 Å². The van der Waals surface area contributed by atoms with Gasteiger partial charge in [0.25, 0.3) is 0 Å². The van der Waals surface area contributed by atoms with E-state index in [0.29, 0.717) is 12.4 Å². The van der Waals surface area contributed by atoms with Gasteiger partial charge in [0.05, 0.1) is 7.11 Å². The molecule has 0 aliphatic heterocycles. The fraction of sp³-hybridized carbons (Fsp3) is 0.250. The summed E-state index contributed by atoms with van der Waals surface area (Å²) in [7, 11) is 1.60. The van der Waals surface area contributed by atoms with Crippen molar-refractivity contribution in [2.24, 2.45) is 0 Å². The van der Waals surface area contributed by atoms with Crippen LogP contribution in [0, 0.1) is 6.92 Å². The summed E-state index contributed by atoms with van der Waals surface area (Å²) in [6.07, 6.45) is 1.77. The van der Waals surface area contributed by atoms with Gasteiger partial charge in [0.15, 0.2) is 0 Å². The van der Waals surface area contributed by atoms with Crippen LogP contribution in [0.1, 0.15) is 11.4 Å². The molecule has 0 saturated heterocycles. The zero-order valence-corrected chi connectivity index (χ0v) is 11.7. The number of pyridine rings is 1. The first-order chi connectivity index (χ1) is 8.67. The first-order valence-corrected chi connectivity index (χ1v) is 6.20. The second kappa shape index (κ2) is 5.77. The molecule has 0 bridgehead atoms. The standard InChI is InChI=1S/C12H13BrN4O/c1-8-16-10(13)5-11(17-8)14-6-9-3-4-12(18-2)15-7-9/h3-5,7H,6H2,1-2H3,(H,14,16,17). The minimum Gasteiger partial charge on any atom is -0.481 e. The minimum absolute atomic E-state index is 0.611. The van der Waals surface area contributed by atoms with E-state index in [9.17, 15) is 0 Å². The maximum Gasteiger partial charge on any atom is 0.212 e.